The lowest BCUT2D eigenvalue weighted by Gasteiger charge is -2.18. The van der Waals surface area contributed by atoms with Crippen molar-refractivity contribution in [3.05, 3.63) is 47.5 Å². The second-order valence-corrected chi connectivity index (χ2v) is 8.73. The van der Waals surface area contributed by atoms with Crippen LogP contribution in [0.5, 0.6) is 5.75 Å². The molecule has 1 fully saturated rings. The Kier molecular flexibility index (Phi) is 7.04. The zero-order valence-corrected chi connectivity index (χ0v) is 18.6. The van der Waals surface area contributed by atoms with Crippen molar-refractivity contribution in [1.29, 1.82) is 0 Å². The van der Waals surface area contributed by atoms with E-state index in [1.165, 1.54) is 36.7 Å². The van der Waals surface area contributed by atoms with E-state index < -0.39 is 25.7 Å². The number of amides is 1. The molecule has 1 aromatic heterocycles. The van der Waals surface area contributed by atoms with Gasteiger partial charge in [-0.3, -0.25) is 9.36 Å². The van der Waals surface area contributed by atoms with Crippen molar-refractivity contribution in [3.63, 3.8) is 0 Å². The van der Waals surface area contributed by atoms with Crippen LogP contribution in [-0.2, 0) is 14.1 Å². The molecule has 1 aliphatic rings. The molecule has 2 aromatic carbocycles. The van der Waals surface area contributed by atoms with Gasteiger partial charge in [0.25, 0.3) is 11.8 Å². The summed E-state index contributed by atoms with van der Waals surface area (Å²) in [6, 6.07) is 7.00. The number of nitrogens with zero attached hydrogens (tertiary/aromatic N) is 2. The Bertz CT molecular complexity index is 1230. The van der Waals surface area contributed by atoms with E-state index >= 15 is 0 Å². The van der Waals surface area contributed by atoms with Crippen LogP contribution in [0.1, 0.15) is 6.42 Å². The van der Waals surface area contributed by atoms with Gasteiger partial charge in [0.1, 0.15) is 29.8 Å². The van der Waals surface area contributed by atoms with Gasteiger partial charge in [0.15, 0.2) is 0 Å². The summed E-state index contributed by atoms with van der Waals surface area (Å²) >= 11 is 5.84. The van der Waals surface area contributed by atoms with Gasteiger partial charge in [-0.1, -0.05) is 11.6 Å². The van der Waals surface area contributed by atoms with Crippen molar-refractivity contribution in [2.45, 2.75) is 18.4 Å². The summed E-state index contributed by atoms with van der Waals surface area (Å²) in [7, 11) is -3.73. The van der Waals surface area contributed by atoms with E-state index in [1.807, 2.05) is 0 Å². The molecule has 4 rings (SSSR count). The highest BCUT2D eigenvalue weighted by molar-refractivity contribution is 7.40. The van der Waals surface area contributed by atoms with Gasteiger partial charge in [-0.2, -0.15) is 0 Å². The number of hydrogen-bond donors (Lipinski definition) is 3. The Morgan fingerprint density at radius 1 is 1.33 bits per heavy atom. The molecule has 0 saturated carbocycles. The summed E-state index contributed by atoms with van der Waals surface area (Å²) in [4.78, 5) is 29.5. The molecule has 13 heteroatoms. The second kappa shape index (κ2) is 9.96. The SMILES string of the molecule is O=C(Nc1cc2c(Nc3ccc(F)c(Cl)c3)ncnc2cc1O[C@H]1CCOC1)C(F)[PH](=O)O. The summed E-state index contributed by atoms with van der Waals surface area (Å²) in [6.07, 6.45) is 1.62. The van der Waals surface area contributed by atoms with Crippen LogP contribution < -0.4 is 15.4 Å². The molecule has 3 N–H and O–H groups in total. The van der Waals surface area contributed by atoms with Gasteiger partial charge < -0.3 is 25.0 Å². The number of fused-ring (bicyclic) bond motifs is 1. The molecular weight excluding hydrogens is 481 g/mol. The molecule has 2 heterocycles. The van der Waals surface area contributed by atoms with Crippen molar-refractivity contribution in [1.82, 2.24) is 9.97 Å². The molecule has 3 atom stereocenters. The lowest BCUT2D eigenvalue weighted by atomic mass is 10.1. The first kappa shape index (κ1) is 23.3. The minimum absolute atomic E-state index is 0.0558. The Morgan fingerprint density at radius 2 is 2.15 bits per heavy atom. The fourth-order valence-electron chi connectivity index (χ4n) is 3.18. The molecule has 0 bridgehead atoms. The first-order valence-electron chi connectivity index (χ1n) is 9.75. The average molecular weight is 499 g/mol. The van der Waals surface area contributed by atoms with Crippen molar-refractivity contribution in [2.75, 3.05) is 23.8 Å². The third-order valence-electron chi connectivity index (χ3n) is 4.81. The fraction of sp³-hybridized carbons (Fsp3) is 0.250. The Balaban J connectivity index is 1.74. The van der Waals surface area contributed by atoms with Gasteiger partial charge in [0, 0.05) is 23.6 Å². The Morgan fingerprint density at radius 3 is 2.85 bits per heavy atom. The minimum atomic E-state index is -3.73. The minimum Gasteiger partial charge on any atom is -0.486 e. The predicted octanol–water partition coefficient (Wildman–Crippen LogP) is 4.03. The second-order valence-electron chi connectivity index (χ2n) is 7.14. The molecule has 33 heavy (non-hydrogen) atoms. The van der Waals surface area contributed by atoms with Crippen molar-refractivity contribution in [3.8, 4) is 5.75 Å². The molecule has 174 valence electrons. The number of aromatic nitrogens is 2. The smallest absolute Gasteiger partial charge is 0.268 e. The zero-order chi connectivity index (χ0) is 23.5. The number of carbonyl (C=O) groups is 1. The maximum Gasteiger partial charge on any atom is 0.268 e. The van der Waals surface area contributed by atoms with E-state index in [2.05, 4.69) is 20.6 Å². The zero-order valence-electron chi connectivity index (χ0n) is 16.8. The molecule has 0 aliphatic carbocycles. The molecule has 9 nitrogen and oxygen atoms in total. The van der Waals surface area contributed by atoms with Gasteiger partial charge in [-0.05, 0) is 24.3 Å². The summed E-state index contributed by atoms with van der Waals surface area (Å²) in [5.74, 6) is -3.97. The molecule has 1 saturated heterocycles. The summed E-state index contributed by atoms with van der Waals surface area (Å²) in [6.45, 7) is 0.846. The standard InChI is InChI=1S/C20H18ClF2N4O5P/c21-13-5-10(1-2-14(13)22)26-19-12-6-16(27-20(28)18(23)33(29)30)17(7-15(12)24-9-25-19)32-11-3-4-31-8-11/h1-2,5-7,9,11,18,33H,3-4,8H2,(H,27,28)(H,29,30)(H,24,25,26)/t11-,18?/m0/s1. The van der Waals surface area contributed by atoms with Crippen molar-refractivity contribution in [2.24, 2.45) is 0 Å². The summed E-state index contributed by atoms with van der Waals surface area (Å²) < 4.78 is 49.6. The highest BCUT2D eigenvalue weighted by Crippen LogP contribution is 2.36. The Hall–Kier alpha value is -2.85. The van der Waals surface area contributed by atoms with Gasteiger partial charge >= 0.3 is 0 Å². The number of alkyl halides is 1. The van der Waals surface area contributed by atoms with E-state index in [0.717, 1.165) is 0 Å². The van der Waals surface area contributed by atoms with Crippen LogP contribution in [0.25, 0.3) is 10.9 Å². The highest BCUT2D eigenvalue weighted by Gasteiger charge is 2.26. The van der Waals surface area contributed by atoms with Crippen LogP contribution in [0.2, 0.25) is 5.02 Å². The topological polar surface area (TPSA) is 123 Å². The van der Waals surface area contributed by atoms with Crippen molar-refractivity contribution < 1.29 is 32.5 Å². The quantitative estimate of drug-likeness (QED) is 0.417. The average Bonchev–Trinajstić information content (AvgIpc) is 3.29. The lowest BCUT2D eigenvalue weighted by molar-refractivity contribution is -0.118. The lowest BCUT2D eigenvalue weighted by Crippen LogP contribution is -2.23. The number of carbonyl (C=O) groups excluding carboxylic acids is 1. The van der Waals surface area contributed by atoms with E-state index in [0.29, 0.717) is 42.0 Å². The maximum atomic E-state index is 13.8. The molecule has 0 spiro atoms. The fourth-order valence-corrected chi connectivity index (χ4v) is 3.66. The van der Waals surface area contributed by atoms with Crippen LogP contribution in [0.4, 0.5) is 26.0 Å². The van der Waals surface area contributed by atoms with E-state index in [1.54, 1.807) is 0 Å². The summed E-state index contributed by atoms with van der Waals surface area (Å²) in [5.41, 5.74) is 0.929. The molecule has 0 radical (unpaired) electrons. The monoisotopic (exact) mass is 498 g/mol. The highest BCUT2D eigenvalue weighted by atomic mass is 35.5. The number of halogens is 3. The number of anilines is 3. The van der Waals surface area contributed by atoms with Crippen LogP contribution >= 0.6 is 19.6 Å². The van der Waals surface area contributed by atoms with Gasteiger partial charge in [-0.25, -0.2) is 18.7 Å². The molecule has 1 amide bonds. The largest absolute Gasteiger partial charge is 0.486 e. The van der Waals surface area contributed by atoms with Gasteiger partial charge in [-0.15, -0.1) is 0 Å². The van der Waals surface area contributed by atoms with Crippen LogP contribution in [0.3, 0.4) is 0 Å². The van der Waals surface area contributed by atoms with Crippen LogP contribution in [-0.4, -0.2) is 46.0 Å². The van der Waals surface area contributed by atoms with Gasteiger partial charge in [0.05, 0.1) is 29.4 Å². The number of rotatable bonds is 7. The first-order valence-corrected chi connectivity index (χ1v) is 11.6. The van der Waals surface area contributed by atoms with E-state index in [9.17, 15) is 18.1 Å². The first-order chi connectivity index (χ1) is 15.8. The normalized spacial score (nSPS) is 17.5. The molecular formula is C20H18ClF2N4O5P. The molecule has 1 aliphatic heterocycles. The Labute approximate surface area is 192 Å². The number of hydrogen-bond acceptors (Lipinski definition) is 7. The van der Waals surface area contributed by atoms with Crippen LogP contribution in [0, 0.1) is 5.82 Å². The molecule has 3 aromatic rings. The maximum absolute atomic E-state index is 13.8. The third-order valence-corrected chi connectivity index (χ3v) is 5.79. The molecule has 2 unspecified atom stereocenters. The number of benzene rings is 2. The number of nitrogens with one attached hydrogen (secondary N) is 2. The van der Waals surface area contributed by atoms with Gasteiger partial charge in [0.2, 0.25) is 8.03 Å². The van der Waals surface area contributed by atoms with Crippen molar-refractivity contribution >= 4 is 53.6 Å². The van der Waals surface area contributed by atoms with E-state index in [-0.39, 0.29) is 22.6 Å². The van der Waals surface area contributed by atoms with Crippen LogP contribution in [0.15, 0.2) is 36.7 Å². The summed E-state index contributed by atoms with van der Waals surface area (Å²) in [5, 5.41) is 5.61. The predicted molar refractivity (Wildman–Crippen MR) is 119 cm³/mol. The third kappa shape index (κ3) is 5.39. The van der Waals surface area contributed by atoms with E-state index in [4.69, 9.17) is 26.0 Å². The number of ether oxygens (including phenoxy) is 2.